The highest BCUT2D eigenvalue weighted by Gasteiger charge is 2.18. The normalized spacial score (nSPS) is 11.4. The second-order valence-corrected chi connectivity index (χ2v) is 6.83. The molecule has 2 amide bonds. The Labute approximate surface area is 169 Å². The van der Waals surface area contributed by atoms with Crippen molar-refractivity contribution in [3.8, 4) is 0 Å². The number of hydrogen-bond acceptors (Lipinski definition) is 4. The lowest BCUT2D eigenvalue weighted by molar-refractivity contribution is -0.153. The van der Waals surface area contributed by atoms with E-state index in [0.717, 1.165) is 16.7 Å². The third-order valence-corrected chi connectivity index (χ3v) is 4.62. The van der Waals surface area contributed by atoms with Crippen LogP contribution < -0.4 is 10.6 Å². The Kier molecular flexibility index (Phi) is 7.58. The first-order valence-corrected chi connectivity index (χ1v) is 9.21. The van der Waals surface area contributed by atoms with Gasteiger partial charge in [-0.2, -0.15) is 0 Å². The lowest BCUT2D eigenvalue weighted by atomic mass is 10.1. The first-order valence-electron chi connectivity index (χ1n) is 8.84. The van der Waals surface area contributed by atoms with Gasteiger partial charge in [-0.15, -0.1) is 0 Å². The van der Waals surface area contributed by atoms with Crippen LogP contribution in [-0.4, -0.2) is 30.4 Å². The van der Waals surface area contributed by atoms with Crippen molar-refractivity contribution >= 4 is 29.4 Å². The molecule has 0 fully saturated rings. The number of hydrogen-bond donors (Lipinski definition) is 2. The van der Waals surface area contributed by atoms with Crippen LogP contribution in [0.25, 0.3) is 0 Å². The smallest absolute Gasteiger partial charge is 0.326 e. The summed E-state index contributed by atoms with van der Waals surface area (Å²) in [4.78, 5) is 36.1. The topological polar surface area (TPSA) is 84.5 Å². The predicted octanol–water partition coefficient (Wildman–Crippen LogP) is 2.93. The van der Waals surface area contributed by atoms with Crippen molar-refractivity contribution in [2.45, 2.75) is 33.4 Å². The number of halogens is 1. The molecule has 0 aliphatic carbocycles. The van der Waals surface area contributed by atoms with E-state index in [1.807, 2.05) is 26.0 Å². The van der Waals surface area contributed by atoms with E-state index in [1.165, 1.54) is 6.92 Å². The van der Waals surface area contributed by atoms with Gasteiger partial charge in [-0.3, -0.25) is 14.4 Å². The Bertz CT molecular complexity index is 882. The number of rotatable bonds is 7. The molecule has 0 heterocycles. The van der Waals surface area contributed by atoms with E-state index < -0.39 is 18.0 Å². The molecule has 2 rings (SSSR count). The van der Waals surface area contributed by atoms with E-state index in [4.69, 9.17) is 16.3 Å². The third-order valence-electron chi connectivity index (χ3n) is 4.25. The first-order chi connectivity index (χ1) is 13.3. The monoisotopic (exact) mass is 402 g/mol. The van der Waals surface area contributed by atoms with Gasteiger partial charge in [0.1, 0.15) is 6.54 Å². The van der Waals surface area contributed by atoms with Crippen LogP contribution in [0.15, 0.2) is 42.5 Å². The Morgan fingerprint density at radius 1 is 1.04 bits per heavy atom. The van der Waals surface area contributed by atoms with Crippen LogP contribution in [0.1, 0.15) is 34.0 Å². The fourth-order valence-electron chi connectivity index (χ4n) is 2.40. The van der Waals surface area contributed by atoms with E-state index in [2.05, 4.69) is 10.6 Å². The average Bonchev–Trinajstić information content (AvgIpc) is 2.67. The molecule has 2 N–H and O–H groups in total. The molecule has 0 aromatic heterocycles. The molecule has 0 saturated heterocycles. The molecular formula is C21H23ClN2O4. The molecule has 28 heavy (non-hydrogen) atoms. The van der Waals surface area contributed by atoms with Crippen LogP contribution in [0.4, 0.5) is 0 Å². The van der Waals surface area contributed by atoms with E-state index in [9.17, 15) is 14.4 Å². The van der Waals surface area contributed by atoms with Crippen molar-refractivity contribution in [3.05, 3.63) is 69.7 Å². The van der Waals surface area contributed by atoms with E-state index in [1.54, 1.807) is 30.3 Å². The van der Waals surface area contributed by atoms with Crippen molar-refractivity contribution in [2.24, 2.45) is 0 Å². The number of carbonyl (C=O) groups excluding carboxylic acids is 3. The van der Waals surface area contributed by atoms with Gasteiger partial charge in [0, 0.05) is 17.1 Å². The number of esters is 1. The summed E-state index contributed by atoms with van der Waals surface area (Å²) in [6.45, 7) is 5.22. The second-order valence-electron chi connectivity index (χ2n) is 6.42. The Morgan fingerprint density at radius 2 is 1.75 bits per heavy atom. The molecule has 2 aromatic rings. The van der Waals surface area contributed by atoms with Crippen molar-refractivity contribution < 1.29 is 19.1 Å². The minimum Gasteiger partial charge on any atom is -0.451 e. The van der Waals surface area contributed by atoms with E-state index in [-0.39, 0.29) is 19.0 Å². The fraction of sp³-hybridized carbons (Fsp3) is 0.286. The lowest BCUT2D eigenvalue weighted by Crippen LogP contribution is -2.38. The summed E-state index contributed by atoms with van der Waals surface area (Å²) in [5.74, 6) is -1.53. The number of amides is 2. The second kappa shape index (κ2) is 9.90. The largest absolute Gasteiger partial charge is 0.451 e. The van der Waals surface area contributed by atoms with Crippen LogP contribution in [-0.2, 0) is 20.9 Å². The third kappa shape index (κ3) is 6.09. The molecule has 0 unspecified atom stereocenters. The van der Waals surface area contributed by atoms with Crippen LogP contribution in [0.2, 0.25) is 5.02 Å². The zero-order valence-electron chi connectivity index (χ0n) is 16.0. The van der Waals surface area contributed by atoms with Gasteiger partial charge in [0.2, 0.25) is 0 Å². The SMILES string of the molecule is Cc1ccc(C(=O)NCC(=O)O[C@@H](C)C(=O)NCc2ccccc2Cl)cc1C. The Balaban J connectivity index is 1.78. The highest BCUT2D eigenvalue weighted by atomic mass is 35.5. The van der Waals surface area contributed by atoms with Crippen molar-refractivity contribution in [2.75, 3.05) is 6.54 Å². The summed E-state index contributed by atoms with van der Waals surface area (Å²) in [6.07, 6.45) is -0.992. The maximum absolute atomic E-state index is 12.1. The maximum Gasteiger partial charge on any atom is 0.326 e. The number of ether oxygens (including phenoxy) is 1. The zero-order chi connectivity index (χ0) is 20.7. The number of benzene rings is 2. The molecule has 0 aliphatic rings. The molecule has 1 atom stereocenters. The molecule has 2 aromatic carbocycles. The minimum absolute atomic E-state index is 0.226. The van der Waals surface area contributed by atoms with Crippen LogP contribution in [0, 0.1) is 13.8 Å². The Hall–Kier alpha value is -2.86. The predicted molar refractivity (Wildman–Crippen MR) is 107 cm³/mol. The summed E-state index contributed by atoms with van der Waals surface area (Å²) in [6, 6.07) is 12.4. The van der Waals surface area contributed by atoms with Gasteiger partial charge < -0.3 is 15.4 Å². The summed E-state index contributed by atoms with van der Waals surface area (Å²) < 4.78 is 5.06. The lowest BCUT2D eigenvalue weighted by Gasteiger charge is -2.14. The first kappa shape index (κ1) is 21.4. The summed E-state index contributed by atoms with van der Waals surface area (Å²) in [5, 5.41) is 5.69. The van der Waals surface area contributed by atoms with Crippen molar-refractivity contribution in [1.29, 1.82) is 0 Å². The van der Waals surface area contributed by atoms with Crippen molar-refractivity contribution in [3.63, 3.8) is 0 Å². The Morgan fingerprint density at radius 3 is 2.43 bits per heavy atom. The molecule has 0 radical (unpaired) electrons. The number of aryl methyl sites for hydroxylation is 2. The molecule has 0 bridgehead atoms. The molecule has 0 saturated carbocycles. The van der Waals surface area contributed by atoms with Gasteiger partial charge in [-0.1, -0.05) is 35.9 Å². The maximum atomic E-state index is 12.1. The molecule has 0 spiro atoms. The fourth-order valence-corrected chi connectivity index (χ4v) is 2.60. The van der Waals surface area contributed by atoms with E-state index >= 15 is 0 Å². The van der Waals surface area contributed by atoms with Crippen LogP contribution in [0.3, 0.4) is 0 Å². The average molecular weight is 403 g/mol. The highest BCUT2D eigenvalue weighted by Crippen LogP contribution is 2.14. The summed E-state index contributed by atoms with van der Waals surface area (Å²) in [7, 11) is 0. The van der Waals surface area contributed by atoms with Gasteiger partial charge in [0.05, 0.1) is 0 Å². The zero-order valence-corrected chi connectivity index (χ0v) is 16.8. The molecular weight excluding hydrogens is 380 g/mol. The van der Waals surface area contributed by atoms with Gasteiger partial charge in [-0.25, -0.2) is 0 Å². The van der Waals surface area contributed by atoms with Gasteiger partial charge in [0.15, 0.2) is 6.10 Å². The standard InChI is InChI=1S/C21H23ClN2O4/c1-13-8-9-16(10-14(13)2)21(27)24-12-19(25)28-15(3)20(26)23-11-17-6-4-5-7-18(17)22/h4-10,15H,11-12H2,1-3H3,(H,23,26)(H,24,27)/t15-/m0/s1. The molecule has 148 valence electrons. The summed E-state index contributed by atoms with van der Waals surface area (Å²) >= 11 is 6.03. The van der Waals surface area contributed by atoms with Crippen molar-refractivity contribution in [1.82, 2.24) is 10.6 Å². The van der Waals surface area contributed by atoms with Crippen LogP contribution >= 0.6 is 11.6 Å². The van der Waals surface area contributed by atoms with Crippen LogP contribution in [0.5, 0.6) is 0 Å². The van der Waals surface area contributed by atoms with Gasteiger partial charge >= 0.3 is 5.97 Å². The van der Waals surface area contributed by atoms with Gasteiger partial charge in [0.25, 0.3) is 11.8 Å². The highest BCUT2D eigenvalue weighted by molar-refractivity contribution is 6.31. The number of nitrogens with one attached hydrogen (secondary N) is 2. The quantitative estimate of drug-likeness (QED) is 0.697. The number of carbonyl (C=O) groups is 3. The minimum atomic E-state index is -0.992. The molecule has 0 aliphatic heterocycles. The van der Waals surface area contributed by atoms with E-state index in [0.29, 0.717) is 10.6 Å². The van der Waals surface area contributed by atoms with Gasteiger partial charge in [-0.05, 0) is 55.7 Å². The molecule has 7 heteroatoms. The molecule has 6 nitrogen and oxygen atoms in total. The summed E-state index contributed by atoms with van der Waals surface area (Å²) in [5.41, 5.74) is 3.28.